The first-order valence-electron chi connectivity index (χ1n) is 5.46. The predicted molar refractivity (Wildman–Crippen MR) is 65.3 cm³/mol. The third-order valence-electron chi connectivity index (χ3n) is 2.46. The summed E-state index contributed by atoms with van der Waals surface area (Å²) >= 11 is 1.67. The molecule has 2 nitrogen and oxygen atoms in total. The van der Waals surface area contributed by atoms with E-state index in [1.54, 1.807) is 11.3 Å². The van der Waals surface area contributed by atoms with E-state index in [4.69, 9.17) is 9.47 Å². The van der Waals surface area contributed by atoms with E-state index >= 15 is 0 Å². The molecule has 1 aliphatic rings. The lowest BCUT2D eigenvalue weighted by molar-refractivity contribution is -0.261. The standard InChI is InChI=1S/C13H16O2S/c1-13(2)14-9-11(10-15-13)5-3-6-12-7-4-8-16-12/h4,7-8,11H,5,9-10H2,1-2H3. The van der Waals surface area contributed by atoms with Crippen LogP contribution < -0.4 is 0 Å². The maximum absolute atomic E-state index is 5.58. The highest BCUT2D eigenvalue weighted by Gasteiger charge is 2.27. The van der Waals surface area contributed by atoms with Gasteiger partial charge in [-0.15, -0.1) is 11.3 Å². The highest BCUT2D eigenvalue weighted by molar-refractivity contribution is 7.10. The summed E-state index contributed by atoms with van der Waals surface area (Å²) in [6.07, 6.45) is 0.841. The Kier molecular flexibility index (Phi) is 3.65. The van der Waals surface area contributed by atoms with Gasteiger partial charge in [0.25, 0.3) is 0 Å². The average Bonchev–Trinajstić information content (AvgIpc) is 2.73. The highest BCUT2D eigenvalue weighted by atomic mass is 32.1. The summed E-state index contributed by atoms with van der Waals surface area (Å²) in [5.74, 6) is 6.32. The van der Waals surface area contributed by atoms with Crippen LogP contribution in [0.4, 0.5) is 0 Å². The molecule has 0 atom stereocenters. The normalized spacial score (nSPS) is 20.1. The second-order valence-electron chi connectivity index (χ2n) is 4.37. The molecule has 0 bridgehead atoms. The van der Waals surface area contributed by atoms with Gasteiger partial charge in [-0.05, 0) is 25.3 Å². The van der Waals surface area contributed by atoms with Crippen molar-refractivity contribution in [1.29, 1.82) is 0 Å². The molecule has 0 spiro atoms. The van der Waals surface area contributed by atoms with Gasteiger partial charge < -0.3 is 9.47 Å². The fourth-order valence-corrected chi connectivity index (χ4v) is 2.07. The molecule has 86 valence electrons. The van der Waals surface area contributed by atoms with Gasteiger partial charge in [-0.2, -0.15) is 0 Å². The van der Waals surface area contributed by atoms with Crippen LogP contribution in [0, 0.1) is 17.8 Å². The maximum atomic E-state index is 5.58. The van der Waals surface area contributed by atoms with E-state index < -0.39 is 5.79 Å². The molecule has 0 aliphatic carbocycles. The molecule has 1 saturated heterocycles. The largest absolute Gasteiger partial charge is 0.350 e. The zero-order valence-corrected chi connectivity index (χ0v) is 10.5. The van der Waals surface area contributed by atoms with Gasteiger partial charge in [0.15, 0.2) is 5.79 Å². The summed E-state index contributed by atoms with van der Waals surface area (Å²) in [5.41, 5.74) is 0. The van der Waals surface area contributed by atoms with Gasteiger partial charge in [0, 0.05) is 12.3 Å². The molecule has 2 rings (SSSR count). The fourth-order valence-electron chi connectivity index (χ4n) is 1.48. The lowest BCUT2D eigenvalue weighted by atomic mass is 10.1. The number of ether oxygens (including phenoxy) is 2. The van der Waals surface area contributed by atoms with Crippen LogP contribution in [0.2, 0.25) is 0 Å². The van der Waals surface area contributed by atoms with Crippen molar-refractivity contribution in [3.63, 3.8) is 0 Å². The topological polar surface area (TPSA) is 18.5 Å². The van der Waals surface area contributed by atoms with Crippen molar-refractivity contribution >= 4 is 11.3 Å². The highest BCUT2D eigenvalue weighted by Crippen LogP contribution is 2.21. The third kappa shape index (κ3) is 3.34. The van der Waals surface area contributed by atoms with Gasteiger partial charge in [0.2, 0.25) is 0 Å². The molecule has 1 fully saturated rings. The molecule has 0 amide bonds. The zero-order valence-electron chi connectivity index (χ0n) is 9.66. The van der Waals surface area contributed by atoms with Gasteiger partial charge in [-0.1, -0.05) is 17.9 Å². The Balaban J connectivity index is 1.79. The first-order chi connectivity index (χ1) is 7.66. The van der Waals surface area contributed by atoms with Crippen LogP contribution in [-0.4, -0.2) is 19.0 Å². The van der Waals surface area contributed by atoms with Crippen LogP contribution in [-0.2, 0) is 9.47 Å². The smallest absolute Gasteiger partial charge is 0.162 e. The van der Waals surface area contributed by atoms with E-state index in [-0.39, 0.29) is 0 Å². The van der Waals surface area contributed by atoms with Gasteiger partial charge in [0.05, 0.1) is 18.1 Å². The summed E-state index contributed by atoms with van der Waals surface area (Å²) in [6, 6.07) is 4.05. The third-order valence-corrected chi connectivity index (χ3v) is 3.24. The van der Waals surface area contributed by atoms with Gasteiger partial charge >= 0.3 is 0 Å². The Bertz CT molecular complexity index is 374. The molecule has 0 N–H and O–H groups in total. The number of hydrogen-bond acceptors (Lipinski definition) is 3. The Hall–Kier alpha value is -0.820. The molecule has 1 aromatic heterocycles. The second-order valence-corrected chi connectivity index (χ2v) is 5.32. The molecule has 0 radical (unpaired) electrons. The molecular weight excluding hydrogens is 220 g/mol. The Morgan fingerprint density at radius 1 is 1.44 bits per heavy atom. The Labute approximate surface area is 101 Å². The summed E-state index contributed by atoms with van der Waals surface area (Å²) in [5, 5.41) is 2.04. The monoisotopic (exact) mass is 236 g/mol. The average molecular weight is 236 g/mol. The van der Waals surface area contributed by atoms with Crippen molar-refractivity contribution in [2.75, 3.05) is 13.2 Å². The van der Waals surface area contributed by atoms with Crippen molar-refractivity contribution in [2.45, 2.75) is 26.1 Å². The van der Waals surface area contributed by atoms with Crippen molar-refractivity contribution < 1.29 is 9.47 Å². The van der Waals surface area contributed by atoms with Crippen LogP contribution in [0.25, 0.3) is 0 Å². The van der Waals surface area contributed by atoms with Gasteiger partial charge in [0.1, 0.15) is 0 Å². The van der Waals surface area contributed by atoms with Crippen LogP contribution >= 0.6 is 11.3 Å². The molecule has 1 aromatic rings. The summed E-state index contributed by atoms with van der Waals surface area (Å²) < 4.78 is 11.2. The van der Waals surface area contributed by atoms with Crippen LogP contribution in [0.15, 0.2) is 17.5 Å². The SMILES string of the molecule is CC1(C)OCC(CC#Cc2cccs2)CO1. The first kappa shape index (κ1) is 11.7. The van der Waals surface area contributed by atoms with E-state index in [0.29, 0.717) is 5.92 Å². The van der Waals surface area contributed by atoms with Crippen molar-refractivity contribution in [3.05, 3.63) is 22.4 Å². The van der Waals surface area contributed by atoms with Gasteiger partial charge in [-0.3, -0.25) is 0 Å². The zero-order chi connectivity index (χ0) is 11.4. The first-order valence-corrected chi connectivity index (χ1v) is 6.34. The molecule has 3 heteroatoms. The summed E-state index contributed by atoms with van der Waals surface area (Å²) in [7, 11) is 0. The minimum absolute atomic E-state index is 0.403. The maximum Gasteiger partial charge on any atom is 0.162 e. The number of thiophene rings is 1. The van der Waals surface area contributed by atoms with E-state index in [0.717, 1.165) is 24.5 Å². The lowest BCUT2D eigenvalue weighted by Gasteiger charge is -2.34. The van der Waals surface area contributed by atoms with Crippen molar-refractivity contribution in [2.24, 2.45) is 5.92 Å². The van der Waals surface area contributed by atoms with Gasteiger partial charge in [-0.25, -0.2) is 0 Å². The lowest BCUT2D eigenvalue weighted by Crippen LogP contribution is -2.39. The fraction of sp³-hybridized carbons (Fsp3) is 0.538. The number of rotatable bonds is 1. The molecule has 0 unspecified atom stereocenters. The molecule has 0 aromatic carbocycles. The molecule has 0 saturated carbocycles. The van der Waals surface area contributed by atoms with Crippen LogP contribution in [0.3, 0.4) is 0 Å². The van der Waals surface area contributed by atoms with Crippen molar-refractivity contribution in [3.8, 4) is 11.8 Å². The minimum atomic E-state index is -0.419. The van der Waals surface area contributed by atoms with E-state index in [2.05, 4.69) is 11.8 Å². The minimum Gasteiger partial charge on any atom is -0.350 e. The summed E-state index contributed by atoms with van der Waals surface area (Å²) in [4.78, 5) is 1.12. The number of hydrogen-bond donors (Lipinski definition) is 0. The predicted octanol–water partition coefficient (Wildman–Crippen LogP) is 2.89. The molecule has 2 heterocycles. The Morgan fingerprint density at radius 2 is 2.19 bits per heavy atom. The summed E-state index contributed by atoms with van der Waals surface area (Å²) in [6.45, 7) is 5.37. The van der Waals surface area contributed by atoms with E-state index in [1.807, 2.05) is 31.4 Å². The molecule has 1 aliphatic heterocycles. The van der Waals surface area contributed by atoms with Crippen LogP contribution in [0.1, 0.15) is 25.1 Å². The van der Waals surface area contributed by atoms with E-state index in [1.165, 1.54) is 0 Å². The van der Waals surface area contributed by atoms with Crippen molar-refractivity contribution in [1.82, 2.24) is 0 Å². The van der Waals surface area contributed by atoms with Crippen LogP contribution in [0.5, 0.6) is 0 Å². The Morgan fingerprint density at radius 3 is 2.81 bits per heavy atom. The molecular formula is C13H16O2S. The quantitative estimate of drug-likeness (QED) is 0.698. The second kappa shape index (κ2) is 5.01. The van der Waals surface area contributed by atoms with E-state index in [9.17, 15) is 0 Å². The molecule has 16 heavy (non-hydrogen) atoms.